The van der Waals surface area contributed by atoms with Gasteiger partial charge in [0.1, 0.15) is 5.54 Å². The van der Waals surface area contributed by atoms with Crippen molar-refractivity contribution in [3.05, 3.63) is 124 Å². The van der Waals surface area contributed by atoms with E-state index in [2.05, 4.69) is 21.7 Å². The third-order valence-electron chi connectivity index (χ3n) is 8.41. The predicted molar refractivity (Wildman–Crippen MR) is 153 cm³/mol. The molecule has 2 heterocycles. The van der Waals surface area contributed by atoms with Crippen molar-refractivity contribution in [2.75, 3.05) is 6.54 Å². The molecule has 5 rings (SSSR count). The molecule has 1 aliphatic rings. The first kappa shape index (κ1) is 28.6. The van der Waals surface area contributed by atoms with Crippen LogP contribution in [0.2, 0.25) is 0 Å². The molecule has 1 amide bonds. The molecule has 2 atom stereocenters. The van der Waals surface area contributed by atoms with Crippen molar-refractivity contribution in [1.82, 2.24) is 14.7 Å². The molecule has 0 spiro atoms. The molecule has 3 aromatic carbocycles. The van der Waals surface area contributed by atoms with Crippen LogP contribution in [0.15, 0.2) is 84.9 Å². The summed E-state index contributed by atoms with van der Waals surface area (Å²) in [5.41, 5.74) is 10.4. The average Bonchev–Trinajstić information content (AvgIpc) is 3.30. The molecule has 4 aromatic rings. The van der Waals surface area contributed by atoms with Gasteiger partial charge in [0.05, 0.1) is 11.3 Å². The standard InChI is InChI=1S/C33H35F3N4O/c1-23-30-28(18-15-25-13-16-27(17-14-25)33(34,35)36)39(32(2,31(37)41)26-11-7-4-8-12-26)21-20-29(30)40(38-23)22-19-24-9-5-3-6-10-24/h3-14,16-17,28H,15,18-22H2,1-2H3,(H2,37,41). The number of aromatic nitrogens is 2. The van der Waals surface area contributed by atoms with Gasteiger partial charge in [0.15, 0.2) is 0 Å². The highest BCUT2D eigenvalue weighted by atomic mass is 19.4. The summed E-state index contributed by atoms with van der Waals surface area (Å²) in [5, 5.41) is 4.93. The van der Waals surface area contributed by atoms with Gasteiger partial charge in [0.2, 0.25) is 5.91 Å². The molecule has 0 fully saturated rings. The maximum atomic E-state index is 13.2. The Morgan fingerprint density at radius 2 is 1.51 bits per heavy atom. The molecule has 1 aliphatic heterocycles. The van der Waals surface area contributed by atoms with Crippen molar-refractivity contribution in [3.8, 4) is 0 Å². The van der Waals surface area contributed by atoms with Crippen molar-refractivity contribution in [2.24, 2.45) is 5.73 Å². The van der Waals surface area contributed by atoms with E-state index in [1.165, 1.54) is 17.7 Å². The van der Waals surface area contributed by atoms with E-state index in [1.807, 2.05) is 62.4 Å². The number of hydrogen-bond donors (Lipinski definition) is 1. The summed E-state index contributed by atoms with van der Waals surface area (Å²) in [6, 6.07) is 24.9. The van der Waals surface area contributed by atoms with E-state index in [1.54, 1.807) is 0 Å². The first-order valence-corrected chi connectivity index (χ1v) is 14.0. The number of carbonyl (C=O) groups is 1. The van der Waals surface area contributed by atoms with Gasteiger partial charge in [0, 0.05) is 36.8 Å². The minimum atomic E-state index is -4.38. The lowest BCUT2D eigenvalue weighted by atomic mass is 9.82. The molecule has 0 radical (unpaired) electrons. The number of carbonyl (C=O) groups excluding carboxylic acids is 1. The van der Waals surface area contributed by atoms with Crippen LogP contribution in [0.5, 0.6) is 0 Å². The summed E-state index contributed by atoms with van der Waals surface area (Å²) in [6.07, 6.45) is -1.69. The minimum Gasteiger partial charge on any atom is -0.368 e. The normalized spacial score (nSPS) is 17.1. The number of benzene rings is 3. The van der Waals surface area contributed by atoms with E-state index in [0.29, 0.717) is 25.8 Å². The van der Waals surface area contributed by atoms with E-state index in [0.717, 1.165) is 53.2 Å². The fourth-order valence-corrected chi connectivity index (χ4v) is 6.15. The lowest BCUT2D eigenvalue weighted by Gasteiger charge is -2.47. The summed E-state index contributed by atoms with van der Waals surface area (Å²) >= 11 is 0. The van der Waals surface area contributed by atoms with Crippen LogP contribution in [0.25, 0.3) is 0 Å². The zero-order chi connectivity index (χ0) is 29.2. The molecular weight excluding hydrogens is 525 g/mol. The van der Waals surface area contributed by atoms with Crippen LogP contribution in [-0.4, -0.2) is 27.1 Å². The molecule has 0 saturated heterocycles. The second-order valence-corrected chi connectivity index (χ2v) is 10.9. The molecule has 0 saturated carbocycles. The van der Waals surface area contributed by atoms with Crippen LogP contribution in [0.4, 0.5) is 13.2 Å². The highest BCUT2D eigenvalue weighted by Crippen LogP contribution is 2.43. The van der Waals surface area contributed by atoms with Gasteiger partial charge in [0.25, 0.3) is 0 Å². The lowest BCUT2D eigenvalue weighted by molar-refractivity contribution is -0.137. The second kappa shape index (κ2) is 11.5. The Hall–Kier alpha value is -3.91. The van der Waals surface area contributed by atoms with E-state index in [4.69, 9.17) is 10.8 Å². The van der Waals surface area contributed by atoms with Crippen molar-refractivity contribution in [2.45, 2.75) is 63.8 Å². The molecule has 5 nitrogen and oxygen atoms in total. The van der Waals surface area contributed by atoms with Gasteiger partial charge >= 0.3 is 6.18 Å². The maximum Gasteiger partial charge on any atom is 0.416 e. The number of primary amides is 1. The topological polar surface area (TPSA) is 64.2 Å². The SMILES string of the molecule is Cc1nn(CCc2ccccc2)c2c1C(CCc1ccc(C(F)(F)F)cc1)N(C(C)(C(N)=O)c1ccccc1)CC2. The molecule has 41 heavy (non-hydrogen) atoms. The van der Waals surface area contributed by atoms with Gasteiger partial charge in [-0.1, -0.05) is 72.8 Å². The summed E-state index contributed by atoms with van der Waals surface area (Å²) < 4.78 is 41.5. The van der Waals surface area contributed by atoms with Crippen molar-refractivity contribution in [1.29, 1.82) is 0 Å². The number of amides is 1. The maximum absolute atomic E-state index is 13.2. The average molecular weight is 561 g/mol. The van der Waals surface area contributed by atoms with Gasteiger partial charge in [-0.05, 0) is 61.9 Å². The van der Waals surface area contributed by atoms with Gasteiger partial charge in [-0.3, -0.25) is 14.4 Å². The quantitative estimate of drug-likeness (QED) is 0.258. The van der Waals surface area contributed by atoms with Crippen LogP contribution in [-0.2, 0) is 42.3 Å². The fourth-order valence-electron chi connectivity index (χ4n) is 6.15. The smallest absolute Gasteiger partial charge is 0.368 e. The Morgan fingerprint density at radius 3 is 2.12 bits per heavy atom. The molecule has 1 aromatic heterocycles. The van der Waals surface area contributed by atoms with Crippen molar-refractivity contribution >= 4 is 5.91 Å². The molecule has 214 valence electrons. The minimum absolute atomic E-state index is 0.204. The summed E-state index contributed by atoms with van der Waals surface area (Å²) in [4.78, 5) is 15.4. The van der Waals surface area contributed by atoms with Gasteiger partial charge < -0.3 is 5.73 Å². The Bertz CT molecular complexity index is 1480. The zero-order valence-electron chi connectivity index (χ0n) is 23.4. The second-order valence-electron chi connectivity index (χ2n) is 10.9. The van der Waals surface area contributed by atoms with Crippen molar-refractivity contribution < 1.29 is 18.0 Å². The number of fused-ring (bicyclic) bond motifs is 1. The molecule has 0 aliphatic carbocycles. The summed E-state index contributed by atoms with van der Waals surface area (Å²) in [6.45, 7) is 5.19. The third kappa shape index (κ3) is 5.79. The van der Waals surface area contributed by atoms with Gasteiger partial charge in [-0.15, -0.1) is 0 Å². The van der Waals surface area contributed by atoms with E-state index >= 15 is 0 Å². The molecule has 0 bridgehead atoms. The molecule has 8 heteroatoms. The lowest BCUT2D eigenvalue weighted by Crippen LogP contribution is -2.56. The van der Waals surface area contributed by atoms with Crippen LogP contribution in [0, 0.1) is 6.92 Å². The number of halogens is 3. The van der Waals surface area contributed by atoms with E-state index in [-0.39, 0.29) is 6.04 Å². The number of rotatable bonds is 9. The first-order valence-electron chi connectivity index (χ1n) is 14.0. The Labute approximate surface area is 238 Å². The van der Waals surface area contributed by atoms with Gasteiger partial charge in [-0.25, -0.2) is 0 Å². The van der Waals surface area contributed by atoms with Gasteiger partial charge in [-0.2, -0.15) is 18.3 Å². The summed E-state index contributed by atoms with van der Waals surface area (Å²) in [7, 11) is 0. The number of nitrogens with two attached hydrogens (primary N) is 1. The number of hydrogen-bond acceptors (Lipinski definition) is 3. The molecule has 2 unspecified atom stereocenters. The summed E-state index contributed by atoms with van der Waals surface area (Å²) in [5.74, 6) is -0.444. The number of nitrogens with zero attached hydrogens (tertiary/aromatic N) is 3. The first-order chi connectivity index (χ1) is 19.6. The fraction of sp³-hybridized carbons (Fsp3) is 0.333. The van der Waals surface area contributed by atoms with Crippen LogP contribution >= 0.6 is 0 Å². The molecular formula is C33H35F3N4O. The van der Waals surface area contributed by atoms with E-state index < -0.39 is 23.2 Å². The highest BCUT2D eigenvalue weighted by Gasteiger charge is 2.46. The third-order valence-corrected chi connectivity index (χ3v) is 8.41. The van der Waals surface area contributed by atoms with Crippen LogP contribution in [0.3, 0.4) is 0 Å². The van der Waals surface area contributed by atoms with E-state index in [9.17, 15) is 18.0 Å². The highest BCUT2D eigenvalue weighted by molar-refractivity contribution is 5.86. The number of alkyl halides is 3. The Kier molecular flexibility index (Phi) is 8.04. The Morgan fingerprint density at radius 1 is 0.902 bits per heavy atom. The number of aryl methyl sites for hydroxylation is 4. The van der Waals surface area contributed by atoms with Crippen molar-refractivity contribution in [3.63, 3.8) is 0 Å². The zero-order valence-corrected chi connectivity index (χ0v) is 23.4. The van der Waals surface area contributed by atoms with Crippen LogP contribution < -0.4 is 5.73 Å². The Balaban J connectivity index is 1.50. The molecule has 2 N–H and O–H groups in total. The van der Waals surface area contributed by atoms with Crippen LogP contribution in [0.1, 0.15) is 58.6 Å². The largest absolute Gasteiger partial charge is 0.416 e. The monoisotopic (exact) mass is 560 g/mol. The predicted octanol–water partition coefficient (Wildman–Crippen LogP) is 6.39.